The van der Waals surface area contributed by atoms with Gasteiger partial charge in [-0.1, -0.05) is 82.6 Å². The van der Waals surface area contributed by atoms with Crippen molar-refractivity contribution in [1.29, 1.82) is 0 Å². The SMILES string of the molecule is C#Cc1ccc(C(C(=O)NCCCC)N(CCCCCCCC)C(=O)C(Cc2ccc(O)cc2)NC(=O)OC(C)(C)C)cc1. The average Bonchev–Trinajstić information content (AvgIpc) is 2.98. The van der Waals surface area contributed by atoms with Crippen LogP contribution in [0.2, 0.25) is 0 Å². The summed E-state index contributed by atoms with van der Waals surface area (Å²) < 4.78 is 5.52. The van der Waals surface area contributed by atoms with E-state index in [-0.39, 0.29) is 18.1 Å². The van der Waals surface area contributed by atoms with Crippen molar-refractivity contribution in [2.24, 2.45) is 0 Å². The summed E-state index contributed by atoms with van der Waals surface area (Å²) in [6, 6.07) is 11.6. The maximum absolute atomic E-state index is 14.5. The molecule has 0 aliphatic heterocycles. The molecule has 0 radical (unpaired) electrons. The lowest BCUT2D eigenvalue weighted by Gasteiger charge is -2.35. The molecule has 0 heterocycles. The van der Waals surface area contributed by atoms with Gasteiger partial charge in [-0.25, -0.2) is 4.79 Å². The number of phenolic OH excluding ortho intramolecular Hbond substituents is 1. The average molecular weight is 606 g/mol. The molecule has 2 aromatic rings. The molecule has 2 atom stereocenters. The molecule has 0 aliphatic rings. The normalized spacial score (nSPS) is 12.5. The first kappa shape index (κ1) is 36.2. The molecule has 8 heteroatoms. The highest BCUT2D eigenvalue weighted by Gasteiger charge is 2.36. The van der Waals surface area contributed by atoms with E-state index >= 15 is 0 Å². The Hall–Kier alpha value is -3.99. The third-order valence-electron chi connectivity index (χ3n) is 7.18. The Balaban J connectivity index is 2.53. The second kappa shape index (κ2) is 18.6. The molecule has 2 aromatic carbocycles. The lowest BCUT2D eigenvalue weighted by atomic mass is 9.98. The van der Waals surface area contributed by atoms with Crippen LogP contribution in [0, 0.1) is 12.3 Å². The molecule has 44 heavy (non-hydrogen) atoms. The van der Waals surface area contributed by atoms with Crippen molar-refractivity contribution in [2.45, 2.75) is 110 Å². The Morgan fingerprint density at radius 3 is 2.11 bits per heavy atom. The lowest BCUT2D eigenvalue weighted by molar-refractivity contribution is -0.142. The first-order valence-electron chi connectivity index (χ1n) is 15.9. The molecule has 8 nitrogen and oxygen atoms in total. The number of unbranched alkanes of at least 4 members (excludes halogenated alkanes) is 6. The zero-order chi connectivity index (χ0) is 32.5. The molecular formula is C36H51N3O5. The van der Waals surface area contributed by atoms with Crippen molar-refractivity contribution in [3.63, 3.8) is 0 Å². The van der Waals surface area contributed by atoms with Crippen molar-refractivity contribution < 1.29 is 24.2 Å². The quantitative estimate of drug-likeness (QED) is 0.138. The molecule has 0 aliphatic carbocycles. The molecule has 2 unspecified atom stereocenters. The molecule has 0 saturated heterocycles. The van der Waals surface area contributed by atoms with Gasteiger partial charge < -0.3 is 25.4 Å². The van der Waals surface area contributed by atoms with Gasteiger partial charge in [-0.15, -0.1) is 6.42 Å². The number of carbonyl (C=O) groups excluding carboxylic acids is 3. The monoisotopic (exact) mass is 605 g/mol. The number of ether oxygens (including phenoxy) is 1. The standard InChI is InChI=1S/C36H51N3O5/c1-7-10-12-13-14-15-25-39(32(33(41)37-24-11-8-2)29-20-16-27(9-3)17-21-29)34(42)31(38-35(43)44-36(4,5)6)26-28-18-22-30(40)23-19-28/h3,16-23,31-32,40H,7-8,10-15,24-26H2,1-2,4-6H3,(H,37,41)(H,38,43). The summed E-state index contributed by atoms with van der Waals surface area (Å²) >= 11 is 0. The zero-order valence-corrected chi connectivity index (χ0v) is 27.2. The molecule has 0 fully saturated rings. The van der Waals surface area contributed by atoms with Crippen LogP contribution >= 0.6 is 0 Å². The number of alkyl carbamates (subject to hydrolysis) is 1. The van der Waals surface area contributed by atoms with Gasteiger partial charge in [-0.3, -0.25) is 9.59 Å². The minimum absolute atomic E-state index is 0.0978. The van der Waals surface area contributed by atoms with Crippen molar-refractivity contribution >= 4 is 17.9 Å². The predicted octanol–water partition coefficient (Wildman–Crippen LogP) is 6.66. The summed E-state index contributed by atoms with van der Waals surface area (Å²) in [7, 11) is 0. The van der Waals surface area contributed by atoms with Crippen LogP contribution in [0.3, 0.4) is 0 Å². The Kier molecular flexibility index (Phi) is 15.3. The maximum Gasteiger partial charge on any atom is 0.408 e. The molecule has 0 aromatic heterocycles. The lowest BCUT2D eigenvalue weighted by Crippen LogP contribution is -2.54. The van der Waals surface area contributed by atoms with Crippen molar-refractivity contribution in [1.82, 2.24) is 15.5 Å². The number of terminal acetylenes is 1. The molecule has 0 bridgehead atoms. The van der Waals surface area contributed by atoms with Gasteiger partial charge in [0.2, 0.25) is 11.8 Å². The fourth-order valence-electron chi connectivity index (χ4n) is 4.87. The number of amides is 3. The second-order valence-electron chi connectivity index (χ2n) is 12.2. The first-order chi connectivity index (χ1) is 21.0. The van der Waals surface area contributed by atoms with Crippen LogP contribution in [0.5, 0.6) is 5.75 Å². The topological polar surface area (TPSA) is 108 Å². The molecule has 3 amide bonds. The number of aromatic hydroxyl groups is 1. The minimum atomic E-state index is -1.02. The molecule has 2 rings (SSSR count). The number of hydrogen-bond acceptors (Lipinski definition) is 5. The van der Waals surface area contributed by atoms with Gasteiger partial charge in [-0.05, 0) is 69.0 Å². The van der Waals surface area contributed by atoms with Gasteiger partial charge in [0.05, 0.1) is 0 Å². The fraction of sp³-hybridized carbons (Fsp3) is 0.528. The van der Waals surface area contributed by atoms with Crippen LogP contribution in [-0.4, -0.2) is 52.6 Å². The minimum Gasteiger partial charge on any atom is -0.508 e. The summed E-state index contributed by atoms with van der Waals surface area (Å²) in [5.74, 6) is 2.02. The van der Waals surface area contributed by atoms with E-state index in [1.807, 2.05) is 6.92 Å². The number of phenols is 1. The van der Waals surface area contributed by atoms with Gasteiger partial charge in [0.25, 0.3) is 0 Å². The third-order valence-corrected chi connectivity index (χ3v) is 7.18. The number of nitrogens with zero attached hydrogens (tertiary/aromatic N) is 1. The highest BCUT2D eigenvalue weighted by molar-refractivity contribution is 5.92. The number of nitrogens with one attached hydrogen (secondary N) is 2. The van der Waals surface area contributed by atoms with E-state index in [2.05, 4.69) is 23.5 Å². The van der Waals surface area contributed by atoms with Crippen LogP contribution in [0.25, 0.3) is 0 Å². The van der Waals surface area contributed by atoms with Crippen molar-refractivity contribution in [3.05, 3.63) is 65.2 Å². The Bertz CT molecular complexity index is 1210. The van der Waals surface area contributed by atoms with Crippen LogP contribution in [-0.2, 0) is 20.7 Å². The van der Waals surface area contributed by atoms with Crippen LogP contribution in [0.1, 0.15) is 109 Å². The zero-order valence-electron chi connectivity index (χ0n) is 27.2. The third kappa shape index (κ3) is 12.7. The highest BCUT2D eigenvalue weighted by atomic mass is 16.6. The molecule has 3 N–H and O–H groups in total. The largest absolute Gasteiger partial charge is 0.508 e. The number of hydrogen-bond donors (Lipinski definition) is 3. The van der Waals surface area contributed by atoms with Gasteiger partial charge in [0.1, 0.15) is 23.4 Å². The van der Waals surface area contributed by atoms with E-state index in [4.69, 9.17) is 11.2 Å². The Morgan fingerprint density at radius 1 is 0.909 bits per heavy atom. The summed E-state index contributed by atoms with van der Waals surface area (Å²) in [4.78, 5) is 43.0. The summed E-state index contributed by atoms with van der Waals surface area (Å²) in [6.07, 6.45) is 12.8. The summed E-state index contributed by atoms with van der Waals surface area (Å²) in [6.45, 7) is 10.3. The van der Waals surface area contributed by atoms with Crippen molar-refractivity contribution in [3.8, 4) is 18.1 Å². The van der Waals surface area contributed by atoms with E-state index in [1.54, 1.807) is 62.1 Å². The van der Waals surface area contributed by atoms with Crippen LogP contribution in [0.15, 0.2) is 48.5 Å². The number of benzene rings is 2. The van der Waals surface area contributed by atoms with Crippen LogP contribution in [0.4, 0.5) is 4.79 Å². The fourth-order valence-corrected chi connectivity index (χ4v) is 4.87. The van der Waals surface area contributed by atoms with E-state index in [0.717, 1.165) is 50.5 Å². The molecule has 240 valence electrons. The summed E-state index contributed by atoms with van der Waals surface area (Å²) in [5, 5.41) is 15.6. The van der Waals surface area contributed by atoms with Crippen LogP contribution < -0.4 is 10.6 Å². The van der Waals surface area contributed by atoms with Gasteiger partial charge in [0, 0.05) is 25.1 Å². The maximum atomic E-state index is 14.5. The molecule has 0 spiro atoms. The molecule has 0 saturated carbocycles. The van der Waals surface area contributed by atoms with E-state index in [9.17, 15) is 19.5 Å². The van der Waals surface area contributed by atoms with E-state index in [1.165, 1.54) is 12.1 Å². The number of carbonyl (C=O) groups is 3. The Labute approximate surface area is 263 Å². The van der Waals surface area contributed by atoms with E-state index in [0.29, 0.717) is 30.6 Å². The van der Waals surface area contributed by atoms with Gasteiger partial charge in [0.15, 0.2) is 0 Å². The highest BCUT2D eigenvalue weighted by Crippen LogP contribution is 2.25. The predicted molar refractivity (Wildman–Crippen MR) is 175 cm³/mol. The Morgan fingerprint density at radius 2 is 1.52 bits per heavy atom. The first-order valence-corrected chi connectivity index (χ1v) is 15.9. The summed E-state index contributed by atoms with van der Waals surface area (Å²) in [5.41, 5.74) is 1.27. The van der Waals surface area contributed by atoms with E-state index < -0.39 is 29.7 Å². The van der Waals surface area contributed by atoms with Gasteiger partial charge in [-0.2, -0.15) is 0 Å². The van der Waals surface area contributed by atoms with Gasteiger partial charge >= 0.3 is 6.09 Å². The van der Waals surface area contributed by atoms with Crippen molar-refractivity contribution in [2.75, 3.05) is 13.1 Å². The smallest absolute Gasteiger partial charge is 0.408 e. The molecular weight excluding hydrogens is 554 g/mol. The number of rotatable bonds is 17. The second-order valence-corrected chi connectivity index (χ2v) is 12.2.